The molecule has 2 amide bonds. The molecule has 3 heterocycles. The molecule has 0 bridgehead atoms. The third-order valence-corrected chi connectivity index (χ3v) is 6.76. The normalized spacial score (nSPS) is 14.9. The second-order valence-electron chi connectivity index (χ2n) is 9.83. The van der Waals surface area contributed by atoms with Crippen molar-refractivity contribution in [1.82, 2.24) is 24.9 Å². The van der Waals surface area contributed by atoms with E-state index in [1.54, 1.807) is 12.3 Å². The number of phenolic OH excluding ortho intramolecular Hbond substituents is 1. The van der Waals surface area contributed by atoms with Crippen molar-refractivity contribution in [2.45, 2.75) is 51.4 Å². The Morgan fingerprint density at radius 3 is 2.37 bits per heavy atom. The topological polar surface area (TPSA) is 128 Å². The highest BCUT2D eigenvalue weighted by Crippen LogP contribution is 2.28. The molecule has 3 aromatic rings. The number of fused-ring (bicyclic) bond motifs is 1. The molecule has 2 aliphatic heterocycles. The fourth-order valence-electron chi connectivity index (χ4n) is 4.86. The summed E-state index contributed by atoms with van der Waals surface area (Å²) in [5, 5.41) is 22.8. The van der Waals surface area contributed by atoms with Crippen LogP contribution in [0.2, 0.25) is 0 Å². The van der Waals surface area contributed by atoms with Crippen LogP contribution in [-0.2, 0) is 22.7 Å². The quantitative estimate of drug-likeness (QED) is 0.265. The number of nitrogens with zero attached hydrogens (tertiary/aromatic N) is 4. The molecule has 1 atom stereocenters. The SMILES string of the molecule is CNC(=O)C(CCC=O)N1Cc2cc(O)ccc2C1=O.Fc1cc(F)cc(-n2cc(CN3CCCC3)cn2)c1.OC(F)F. The molecule has 3 N–H and O–H groups in total. The molecular weight excluding hydrogens is 574 g/mol. The second-order valence-corrected chi connectivity index (χ2v) is 9.83. The number of aldehydes is 1. The maximum atomic E-state index is 13.2. The number of alkyl halides is 2. The fourth-order valence-corrected chi connectivity index (χ4v) is 4.86. The van der Waals surface area contributed by atoms with Gasteiger partial charge in [0, 0.05) is 49.9 Å². The fraction of sp³-hybridized carbons (Fsp3) is 0.379. The van der Waals surface area contributed by atoms with Crippen molar-refractivity contribution in [3.8, 4) is 11.4 Å². The summed E-state index contributed by atoms with van der Waals surface area (Å²) in [6.07, 6.45) is 7.29. The molecule has 0 aliphatic carbocycles. The van der Waals surface area contributed by atoms with Crippen LogP contribution < -0.4 is 5.32 Å². The van der Waals surface area contributed by atoms with Gasteiger partial charge in [-0.2, -0.15) is 13.9 Å². The van der Waals surface area contributed by atoms with E-state index in [9.17, 15) is 37.1 Å². The number of phenols is 1. The summed E-state index contributed by atoms with van der Waals surface area (Å²) < 4.78 is 47.6. The predicted octanol–water partition coefficient (Wildman–Crippen LogP) is 3.39. The van der Waals surface area contributed by atoms with E-state index in [4.69, 9.17) is 5.11 Å². The number of aliphatic hydroxyl groups is 1. The molecular formula is C29H33F4N5O5. The van der Waals surface area contributed by atoms with Crippen LogP contribution in [0.4, 0.5) is 17.6 Å². The van der Waals surface area contributed by atoms with Crippen LogP contribution in [-0.4, -0.2) is 80.7 Å². The van der Waals surface area contributed by atoms with E-state index < -0.39 is 24.3 Å². The Bertz CT molecular complexity index is 1370. The van der Waals surface area contributed by atoms with Crippen LogP contribution in [0.3, 0.4) is 0 Å². The number of likely N-dealkylation sites (tertiary alicyclic amines) is 1. The largest absolute Gasteiger partial charge is 0.508 e. The highest BCUT2D eigenvalue weighted by atomic mass is 19.3. The standard InChI is InChI=1S/C14H15F2N3.C14H16N2O4.CH2F2O/c15-12-5-13(16)7-14(6-12)19-10-11(8-17-19)9-18-3-1-2-4-18;1-15-13(19)12(3-2-6-17)16-8-9-7-10(18)4-5-11(9)14(16)20;2-1(3)4/h5-8,10H,1-4,9H2;4-7,12,18H,2-3,8H2,1H3,(H,15,19);1,4H. The first kappa shape index (κ1) is 33.2. The number of carbonyl (C=O) groups is 3. The van der Waals surface area contributed by atoms with Gasteiger partial charge in [0.15, 0.2) is 0 Å². The van der Waals surface area contributed by atoms with Crippen molar-refractivity contribution in [3.05, 3.63) is 77.1 Å². The Morgan fingerprint density at radius 2 is 1.77 bits per heavy atom. The number of aromatic nitrogens is 2. The summed E-state index contributed by atoms with van der Waals surface area (Å²) in [4.78, 5) is 38.5. The predicted molar refractivity (Wildman–Crippen MR) is 147 cm³/mol. The van der Waals surface area contributed by atoms with Gasteiger partial charge in [0.2, 0.25) is 5.91 Å². The third-order valence-electron chi connectivity index (χ3n) is 6.76. The summed E-state index contributed by atoms with van der Waals surface area (Å²) in [6.45, 7) is 0.164. The average Bonchev–Trinajstić information content (AvgIpc) is 3.70. The first-order valence-corrected chi connectivity index (χ1v) is 13.5. The lowest BCUT2D eigenvalue weighted by molar-refractivity contribution is -0.125. The summed E-state index contributed by atoms with van der Waals surface area (Å²) >= 11 is 0. The molecule has 0 saturated carbocycles. The van der Waals surface area contributed by atoms with Gasteiger partial charge in [-0.15, -0.1) is 0 Å². The van der Waals surface area contributed by atoms with Crippen LogP contribution in [0, 0.1) is 11.6 Å². The monoisotopic (exact) mass is 607 g/mol. The Kier molecular flexibility index (Phi) is 12.2. The minimum Gasteiger partial charge on any atom is -0.508 e. The molecule has 0 radical (unpaired) electrons. The van der Waals surface area contributed by atoms with Gasteiger partial charge in [0.05, 0.1) is 11.9 Å². The number of carbonyl (C=O) groups excluding carboxylic acids is 3. The number of hydrogen-bond acceptors (Lipinski definition) is 7. The van der Waals surface area contributed by atoms with Gasteiger partial charge in [0.1, 0.15) is 29.7 Å². The van der Waals surface area contributed by atoms with Crippen molar-refractivity contribution in [2.75, 3.05) is 20.1 Å². The molecule has 2 aliphatic rings. The van der Waals surface area contributed by atoms with Gasteiger partial charge >= 0.3 is 6.61 Å². The van der Waals surface area contributed by atoms with Gasteiger partial charge in [0.25, 0.3) is 5.91 Å². The Morgan fingerprint density at radius 1 is 1.12 bits per heavy atom. The van der Waals surface area contributed by atoms with E-state index in [0.29, 0.717) is 16.8 Å². The number of halogens is 4. The molecule has 1 saturated heterocycles. The number of aliphatic hydroxyl groups excluding tert-OH is 1. The number of amides is 2. The number of hydrogen-bond donors (Lipinski definition) is 3. The summed E-state index contributed by atoms with van der Waals surface area (Å²) in [5.74, 6) is -1.64. The van der Waals surface area contributed by atoms with E-state index in [-0.39, 0.29) is 37.0 Å². The minimum atomic E-state index is -3.17. The molecule has 5 rings (SSSR count). The molecule has 14 heteroatoms. The summed E-state index contributed by atoms with van der Waals surface area (Å²) in [7, 11) is 1.50. The third kappa shape index (κ3) is 9.61. The molecule has 10 nitrogen and oxygen atoms in total. The molecule has 1 fully saturated rings. The Balaban J connectivity index is 0.000000210. The van der Waals surface area contributed by atoms with Crippen LogP contribution >= 0.6 is 0 Å². The lowest BCUT2D eigenvalue weighted by Gasteiger charge is -2.25. The van der Waals surface area contributed by atoms with Crippen LogP contribution in [0.5, 0.6) is 5.75 Å². The Hall–Kier alpha value is -4.30. The zero-order valence-corrected chi connectivity index (χ0v) is 23.4. The van der Waals surface area contributed by atoms with E-state index >= 15 is 0 Å². The molecule has 43 heavy (non-hydrogen) atoms. The number of aromatic hydroxyl groups is 1. The van der Waals surface area contributed by atoms with Crippen LogP contribution in [0.1, 0.15) is 47.2 Å². The van der Waals surface area contributed by atoms with Crippen molar-refractivity contribution in [2.24, 2.45) is 0 Å². The van der Waals surface area contributed by atoms with Crippen LogP contribution in [0.15, 0.2) is 48.8 Å². The van der Waals surface area contributed by atoms with Crippen molar-refractivity contribution in [1.29, 1.82) is 0 Å². The summed E-state index contributed by atoms with van der Waals surface area (Å²) in [6, 6.07) is 7.25. The maximum Gasteiger partial charge on any atom is 0.342 e. The maximum absolute atomic E-state index is 13.2. The zero-order chi connectivity index (χ0) is 31.5. The first-order chi connectivity index (χ1) is 20.5. The second kappa shape index (κ2) is 15.8. The highest BCUT2D eigenvalue weighted by Gasteiger charge is 2.35. The number of nitrogens with one attached hydrogen (secondary N) is 1. The lowest BCUT2D eigenvalue weighted by atomic mass is 10.1. The Labute approximate surface area is 245 Å². The number of benzene rings is 2. The lowest BCUT2D eigenvalue weighted by Crippen LogP contribution is -2.46. The summed E-state index contributed by atoms with van der Waals surface area (Å²) in [5.41, 5.74) is 2.65. The number of likely N-dealkylation sites (N-methyl/N-ethyl adjacent to an activating group) is 1. The van der Waals surface area contributed by atoms with Gasteiger partial charge in [-0.25, -0.2) is 13.5 Å². The van der Waals surface area contributed by atoms with Gasteiger partial charge in [-0.3, -0.25) is 14.5 Å². The van der Waals surface area contributed by atoms with Crippen molar-refractivity contribution >= 4 is 18.1 Å². The molecule has 232 valence electrons. The number of rotatable bonds is 8. The van der Waals surface area contributed by atoms with Gasteiger partial charge in [-0.1, -0.05) is 0 Å². The van der Waals surface area contributed by atoms with Crippen molar-refractivity contribution in [3.63, 3.8) is 0 Å². The average molecular weight is 608 g/mol. The van der Waals surface area contributed by atoms with E-state index in [2.05, 4.69) is 15.3 Å². The first-order valence-electron chi connectivity index (χ1n) is 13.5. The molecule has 1 unspecified atom stereocenters. The zero-order valence-electron chi connectivity index (χ0n) is 23.4. The molecule has 0 spiro atoms. The molecule has 2 aromatic carbocycles. The highest BCUT2D eigenvalue weighted by molar-refractivity contribution is 6.01. The van der Waals surface area contributed by atoms with Crippen LogP contribution in [0.25, 0.3) is 5.69 Å². The van der Waals surface area contributed by atoms with Gasteiger partial charge in [-0.05, 0) is 68.2 Å². The smallest absolute Gasteiger partial charge is 0.342 e. The van der Waals surface area contributed by atoms with E-state index in [1.165, 1.54) is 53.7 Å². The molecule has 1 aromatic heterocycles. The minimum absolute atomic E-state index is 0.0859. The van der Waals surface area contributed by atoms with Crippen molar-refractivity contribution < 1.29 is 42.2 Å². The van der Waals surface area contributed by atoms with E-state index in [0.717, 1.165) is 37.6 Å². The van der Waals surface area contributed by atoms with Gasteiger partial charge < -0.3 is 25.2 Å². The van der Waals surface area contributed by atoms with E-state index in [1.807, 2.05) is 6.20 Å².